The molecule has 1 heteroatoms. The topological polar surface area (TPSA) is 0 Å². The molecule has 2 rings (SSSR count). The maximum Gasteiger partial charge on any atom is 0.170 e. The third kappa shape index (κ3) is 3.26. The lowest BCUT2D eigenvalue weighted by Gasteiger charge is -2.26. The highest BCUT2D eigenvalue weighted by atomic mass is 14.2. The first kappa shape index (κ1) is 12.9. The first-order valence-electron chi connectivity index (χ1n) is 6.81. The van der Waals surface area contributed by atoms with E-state index in [1.54, 1.807) is 0 Å². The van der Waals surface area contributed by atoms with E-state index in [1.165, 1.54) is 23.9 Å². The van der Waals surface area contributed by atoms with Gasteiger partial charge in [0, 0.05) is 0 Å². The van der Waals surface area contributed by atoms with Crippen LogP contribution in [0.2, 0.25) is 12.6 Å². The van der Waals surface area contributed by atoms with Gasteiger partial charge in [-0.1, -0.05) is 60.7 Å². The molecule has 0 aromatic heterocycles. The van der Waals surface area contributed by atoms with E-state index in [-0.39, 0.29) is 0 Å². The molecule has 1 aromatic carbocycles. The van der Waals surface area contributed by atoms with Crippen molar-refractivity contribution in [1.29, 1.82) is 0 Å². The minimum Gasteiger partial charge on any atom is -0.111 e. The molecule has 1 heterocycles. The molecule has 0 nitrogen and oxygen atoms in total. The van der Waals surface area contributed by atoms with Gasteiger partial charge in [-0.2, -0.15) is 0 Å². The van der Waals surface area contributed by atoms with Crippen LogP contribution in [-0.2, 0) is 0 Å². The van der Waals surface area contributed by atoms with Crippen LogP contribution in [0.25, 0.3) is 5.57 Å². The Hall–Kier alpha value is -1.50. The van der Waals surface area contributed by atoms with Gasteiger partial charge >= 0.3 is 0 Å². The summed E-state index contributed by atoms with van der Waals surface area (Å²) in [4.78, 5) is 0. The van der Waals surface area contributed by atoms with E-state index in [9.17, 15) is 0 Å². The molecule has 0 amide bonds. The number of benzene rings is 1. The van der Waals surface area contributed by atoms with Crippen molar-refractivity contribution in [3.8, 4) is 0 Å². The summed E-state index contributed by atoms with van der Waals surface area (Å²) in [6, 6.07) is 10.8. The summed E-state index contributed by atoms with van der Waals surface area (Å²) >= 11 is 0. The predicted molar refractivity (Wildman–Crippen MR) is 82.9 cm³/mol. The van der Waals surface area contributed by atoms with Crippen LogP contribution in [-0.4, -0.2) is 6.71 Å². The molecule has 0 fully saturated rings. The molecule has 0 bridgehead atoms. The number of hydrogen-bond donors (Lipinski definition) is 0. The van der Waals surface area contributed by atoms with Gasteiger partial charge in [0.2, 0.25) is 0 Å². The average molecular weight is 236 g/mol. The fourth-order valence-corrected chi connectivity index (χ4v) is 2.90. The quantitative estimate of drug-likeness (QED) is 0.504. The molecule has 1 aliphatic rings. The van der Waals surface area contributed by atoms with Gasteiger partial charge in [0.1, 0.15) is 0 Å². The highest BCUT2D eigenvalue weighted by Gasteiger charge is 2.23. The molecule has 1 atom stereocenters. The third-order valence-electron chi connectivity index (χ3n) is 3.70. The summed E-state index contributed by atoms with van der Waals surface area (Å²) in [5, 5.41) is 0. The molecule has 0 aliphatic carbocycles. The second-order valence-corrected chi connectivity index (χ2v) is 5.17. The Kier molecular flexibility index (Phi) is 4.63. The maximum absolute atomic E-state index is 3.88. The number of rotatable bonds is 5. The van der Waals surface area contributed by atoms with Crippen molar-refractivity contribution in [2.24, 2.45) is 5.92 Å². The van der Waals surface area contributed by atoms with E-state index in [4.69, 9.17) is 0 Å². The molecular weight excluding hydrogens is 215 g/mol. The van der Waals surface area contributed by atoms with Gasteiger partial charge in [-0.3, -0.25) is 0 Å². The minimum absolute atomic E-state index is 0.649. The van der Waals surface area contributed by atoms with E-state index in [2.05, 4.69) is 55.5 Å². The zero-order valence-electron chi connectivity index (χ0n) is 11.0. The van der Waals surface area contributed by atoms with Gasteiger partial charge in [-0.05, 0) is 24.3 Å². The predicted octanol–water partition coefficient (Wildman–Crippen LogP) is 4.89. The van der Waals surface area contributed by atoms with E-state index in [1.807, 2.05) is 6.08 Å². The van der Waals surface area contributed by atoms with E-state index < -0.39 is 0 Å². The van der Waals surface area contributed by atoms with Crippen molar-refractivity contribution in [2.75, 3.05) is 0 Å². The lowest BCUT2D eigenvalue weighted by atomic mass is 9.39. The molecule has 18 heavy (non-hydrogen) atoms. The Morgan fingerprint density at radius 3 is 2.61 bits per heavy atom. The first-order chi connectivity index (χ1) is 8.83. The maximum atomic E-state index is 3.88. The van der Waals surface area contributed by atoms with Crippen molar-refractivity contribution in [3.63, 3.8) is 0 Å². The van der Waals surface area contributed by atoms with Crippen molar-refractivity contribution in [2.45, 2.75) is 25.5 Å². The summed E-state index contributed by atoms with van der Waals surface area (Å²) < 4.78 is 0. The van der Waals surface area contributed by atoms with Crippen LogP contribution < -0.4 is 0 Å². The van der Waals surface area contributed by atoms with Gasteiger partial charge in [-0.25, -0.2) is 0 Å². The highest BCUT2D eigenvalue weighted by Crippen LogP contribution is 2.34. The largest absolute Gasteiger partial charge is 0.170 e. The summed E-state index contributed by atoms with van der Waals surface area (Å²) in [6.45, 7) is 8.41. The summed E-state index contributed by atoms with van der Waals surface area (Å²) in [5.74, 6) is 3.20. The Labute approximate surface area is 111 Å². The second kappa shape index (κ2) is 6.44. The number of hydrogen-bond acceptors (Lipinski definition) is 0. The normalized spacial score (nSPS) is 19.2. The lowest BCUT2D eigenvalue weighted by molar-refractivity contribution is 0.600. The van der Waals surface area contributed by atoms with Crippen LogP contribution in [0.3, 0.4) is 0 Å². The molecule has 0 saturated carbocycles. The molecule has 1 aliphatic heterocycles. The Morgan fingerprint density at radius 1 is 1.17 bits per heavy atom. The summed E-state index contributed by atoms with van der Waals surface area (Å²) in [7, 11) is 0. The zero-order valence-corrected chi connectivity index (χ0v) is 11.0. The minimum atomic E-state index is 0.649. The average Bonchev–Trinajstić information content (AvgIpc) is 2.40. The molecule has 1 aromatic rings. The van der Waals surface area contributed by atoms with E-state index >= 15 is 0 Å². The first-order valence-corrected chi connectivity index (χ1v) is 6.81. The third-order valence-corrected chi connectivity index (χ3v) is 3.70. The van der Waals surface area contributed by atoms with E-state index in [0.717, 1.165) is 18.7 Å². The second-order valence-electron chi connectivity index (χ2n) is 5.17. The van der Waals surface area contributed by atoms with Crippen molar-refractivity contribution in [1.82, 2.24) is 0 Å². The van der Waals surface area contributed by atoms with Crippen molar-refractivity contribution in [3.05, 3.63) is 67.2 Å². The monoisotopic (exact) mass is 236 g/mol. The lowest BCUT2D eigenvalue weighted by Crippen LogP contribution is -2.20. The molecule has 0 radical (unpaired) electrons. The van der Waals surface area contributed by atoms with Crippen LogP contribution >= 0.6 is 0 Å². The Bertz CT molecular complexity index is 430. The highest BCUT2D eigenvalue weighted by molar-refractivity contribution is 6.66. The van der Waals surface area contributed by atoms with E-state index in [0.29, 0.717) is 6.71 Å². The Morgan fingerprint density at radius 2 is 1.94 bits per heavy atom. The van der Waals surface area contributed by atoms with Crippen molar-refractivity contribution < 1.29 is 0 Å². The molecule has 0 saturated heterocycles. The molecule has 0 N–H and O–H groups in total. The van der Waals surface area contributed by atoms with Crippen LogP contribution in [0.4, 0.5) is 0 Å². The summed E-state index contributed by atoms with van der Waals surface area (Å²) in [6.07, 6.45) is 8.77. The molecular formula is C17H21B. The fourth-order valence-electron chi connectivity index (χ4n) is 2.90. The summed E-state index contributed by atoms with van der Waals surface area (Å²) in [5.41, 5.74) is 2.88. The molecule has 92 valence electrons. The van der Waals surface area contributed by atoms with Crippen LogP contribution in [0.5, 0.6) is 0 Å². The van der Waals surface area contributed by atoms with Crippen LogP contribution in [0.1, 0.15) is 18.4 Å². The molecule has 1 unspecified atom stereocenters. The van der Waals surface area contributed by atoms with Gasteiger partial charge < -0.3 is 0 Å². The smallest absolute Gasteiger partial charge is 0.111 e. The van der Waals surface area contributed by atoms with Gasteiger partial charge in [0.15, 0.2) is 6.71 Å². The Balaban J connectivity index is 2.21. The van der Waals surface area contributed by atoms with Crippen LogP contribution in [0.15, 0.2) is 61.6 Å². The van der Waals surface area contributed by atoms with Gasteiger partial charge in [-0.15, -0.1) is 19.1 Å². The zero-order chi connectivity index (χ0) is 12.8. The fraction of sp³-hybridized carbons (Fsp3) is 0.294. The number of allylic oxidation sites excluding steroid dienone is 3. The SMILES string of the molecule is C=CCB1C=C(c2ccccc2)CC(CC=C)C1. The standard InChI is InChI=1S/C17H21B/c1-3-8-15-12-17(14-18(13-15)11-4-2)16-9-6-5-7-10-16/h3-7,9-10,14-15H,1-2,8,11-13H2. The molecule has 0 spiro atoms. The van der Waals surface area contributed by atoms with Gasteiger partial charge in [0.05, 0.1) is 0 Å². The van der Waals surface area contributed by atoms with Crippen LogP contribution in [0, 0.1) is 5.92 Å². The van der Waals surface area contributed by atoms with Crippen molar-refractivity contribution >= 4 is 12.3 Å². The van der Waals surface area contributed by atoms with Gasteiger partial charge in [0.25, 0.3) is 0 Å².